The zero-order valence-corrected chi connectivity index (χ0v) is 11.0. The first kappa shape index (κ1) is 15.5. The maximum absolute atomic E-state index is 11.0. The number of aromatic nitrogens is 1. The molecular weight excluding hydrogens is 262 g/mol. The molecule has 0 saturated carbocycles. The number of hydrogen-bond acceptors (Lipinski definition) is 5. The van der Waals surface area contributed by atoms with Crippen molar-refractivity contribution in [1.29, 1.82) is 0 Å². The van der Waals surface area contributed by atoms with Gasteiger partial charge in [0.25, 0.3) is 0 Å². The zero-order chi connectivity index (χ0) is 15.0. The van der Waals surface area contributed by atoms with Crippen LogP contribution in [0.1, 0.15) is 30.7 Å². The number of methoxy groups -OCH3 is 1. The number of rotatable bonds is 5. The average Bonchev–Trinajstić information content (AvgIpc) is 2.43. The Hall–Kier alpha value is -2.55. The highest BCUT2D eigenvalue weighted by Crippen LogP contribution is 2.16. The molecule has 0 saturated heterocycles. The van der Waals surface area contributed by atoms with Gasteiger partial charge in [-0.15, -0.1) is 0 Å². The Bertz CT molecular complexity index is 556. The molecule has 0 aliphatic rings. The predicted octanol–water partition coefficient (Wildman–Crippen LogP) is 1.11. The van der Waals surface area contributed by atoms with Crippen molar-refractivity contribution in [3.8, 4) is 17.6 Å². The Morgan fingerprint density at radius 3 is 2.75 bits per heavy atom. The molecule has 1 rings (SSSR count). The SMILES string of the molecule is COC(=O)CCc1nc(C#CCCC(=O)O)ccc1O. The lowest BCUT2D eigenvalue weighted by Gasteiger charge is -2.03. The summed E-state index contributed by atoms with van der Waals surface area (Å²) in [5.41, 5.74) is 0.786. The standard InChI is InChI=1S/C14H15NO5/c1-20-14(19)9-7-11-12(16)8-6-10(15-11)4-2-3-5-13(17)18/h6,8,16H,3,5,7,9H2,1H3,(H,17,18). The van der Waals surface area contributed by atoms with E-state index >= 15 is 0 Å². The molecule has 0 amide bonds. The predicted molar refractivity (Wildman–Crippen MR) is 70.0 cm³/mol. The van der Waals surface area contributed by atoms with Crippen LogP contribution in [0.15, 0.2) is 12.1 Å². The van der Waals surface area contributed by atoms with Gasteiger partial charge in [-0.2, -0.15) is 0 Å². The largest absolute Gasteiger partial charge is 0.506 e. The third-order valence-electron chi connectivity index (χ3n) is 2.42. The Kier molecular flexibility index (Phi) is 6.04. The first-order chi connectivity index (χ1) is 9.52. The molecule has 0 aliphatic heterocycles. The van der Waals surface area contributed by atoms with E-state index in [0.717, 1.165) is 0 Å². The number of carboxylic acids is 1. The van der Waals surface area contributed by atoms with Gasteiger partial charge in [-0.1, -0.05) is 5.92 Å². The summed E-state index contributed by atoms with van der Waals surface area (Å²) in [4.78, 5) is 25.5. The van der Waals surface area contributed by atoms with Crippen LogP contribution in [-0.4, -0.2) is 34.2 Å². The van der Waals surface area contributed by atoms with Crippen molar-refractivity contribution in [1.82, 2.24) is 4.98 Å². The number of aromatic hydroxyl groups is 1. The minimum Gasteiger partial charge on any atom is -0.506 e. The number of carbonyl (C=O) groups excluding carboxylic acids is 1. The molecule has 0 atom stereocenters. The highest BCUT2D eigenvalue weighted by Gasteiger charge is 2.07. The van der Waals surface area contributed by atoms with Gasteiger partial charge in [-0.05, 0) is 18.1 Å². The summed E-state index contributed by atoms with van der Waals surface area (Å²) in [5.74, 6) is 4.11. The van der Waals surface area contributed by atoms with Crippen LogP contribution in [0.25, 0.3) is 0 Å². The Morgan fingerprint density at radius 2 is 2.10 bits per heavy atom. The molecule has 0 unspecified atom stereocenters. The van der Waals surface area contributed by atoms with Gasteiger partial charge in [-0.3, -0.25) is 9.59 Å². The van der Waals surface area contributed by atoms with E-state index in [0.29, 0.717) is 11.4 Å². The van der Waals surface area contributed by atoms with Crippen molar-refractivity contribution in [3.63, 3.8) is 0 Å². The smallest absolute Gasteiger partial charge is 0.305 e. The molecule has 0 spiro atoms. The molecule has 1 heterocycles. The van der Waals surface area contributed by atoms with Gasteiger partial charge in [-0.25, -0.2) is 4.98 Å². The van der Waals surface area contributed by atoms with E-state index in [1.54, 1.807) is 0 Å². The van der Waals surface area contributed by atoms with Gasteiger partial charge >= 0.3 is 11.9 Å². The van der Waals surface area contributed by atoms with Gasteiger partial charge in [0.05, 0.1) is 25.6 Å². The fourth-order valence-electron chi connectivity index (χ4n) is 1.39. The van der Waals surface area contributed by atoms with Crippen molar-refractivity contribution in [2.75, 3.05) is 7.11 Å². The summed E-state index contributed by atoms with van der Waals surface area (Å²) in [6, 6.07) is 2.98. The van der Waals surface area contributed by atoms with E-state index in [-0.39, 0.29) is 37.4 Å². The molecule has 1 aromatic heterocycles. The molecular formula is C14H15NO5. The number of aliphatic carboxylic acids is 1. The molecule has 1 aromatic rings. The normalized spacial score (nSPS) is 9.45. The van der Waals surface area contributed by atoms with Crippen LogP contribution in [-0.2, 0) is 20.7 Å². The van der Waals surface area contributed by atoms with Crippen molar-refractivity contribution in [2.45, 2.75) is 25.7 Å². The van der Waals surface area contributed by atoms with Crippen molar-refractivity contribution in [2.24, 2.45) is 0 Å². The van der Waals surface area contributed by atoms with Crippen LogP contribution in [0.3, 0.4) is 0 Å². The molecule has 0 aliphatic carbocycles. The van der Waals surface area contributed by atoms with Gasteiger partial charge < -0.3 is 14.9 Å². The minimum absolute atomic E-state index is 0.00927. The summed E-state index contributed by atoms with van der Waals surface area (Å²) in [5, 5.41) is 18.1. The van der Waals surface area contributed by atoms with E-state index in [1.165, 1.54) is 19.2 Å². The fourth-order valence-corrected chi connectivity index (χ4v) is 1.39. The molecule has 6 heteroatoms. The highest BCUT2D eigenvalue weighted by molar-refractivity contribution is 5.69. The Balaban J connectivity index is 2.70. The van der Waals surface area contributed by atoms with Gasteiger partial charge in [0.1, 0.15) is 11.4 Å². The summed E-state index contributed by atoms with van der Waals surface area (Å²) in [7, 11) is 1.29. The summed E-state index contributed by atoms with van der Waals surface area (Å²) >= 11 is 0. The van der Waals surface area contributed by atoms with Crippen LogP contribution in [0.4, 0.5) is 0 Å². The molecule has 6 nitrogen and oxygen atoms in total. The maximum atomic E-state index is 11.0. The highest BCUT2D eigenvalue weighted by atomic mass is 16.5. The third kappa shape index (κ3) is 5.40. The van der Waals surface area contributed by atoms with E-state index in [2.05, 4.69) is 21.6 Å². The number of carbonyl (C=O) groups is 2. The molecule has 0 aromatic carbocycles. The van der Waals surface area contributed by atoms with Crippen LogP contribution >= 0.6 is 0 Å². The summed E-state index contributed by atoms with van der Waals surface area (Å²) in [6.07, 6.45) is 0.575. The third-order valence-corrected chi connectivity index (χ3v) is 2.42. The van der Waals surface area contributed by atoms with E-state index in [4.69, 9.17) is 5.11 Å². The molecule has 0 bridgehead atoms. The number of aryl methyl sites for hydroxylation is 1. The molecule has 0 fully saturated rings. The number of nitrogens with zero attached hydrogens (tertiary/aromatic N) is 1. The molecule has 106 valence electrons. The number of carboxylic acid groups (broad SMARTS) is 1. The lowest BCUT2D eigenvalue weighted by molar-refractivity contribution is -0.140. The second kappa shape index (κ2) is 7.79. The topological polar surface area (TPSA) is 96.7 Å². The van der Waals surface area contributed by atoms with E-state index in [1.807, 2.05) is 0 Å². The lowest BCUT2D eigenvalue weighted by atomic mass is 10.2. The fraction of sp³-hybridized carbons (Fsp3) is 0.357. The monoisotopic (exact) mass is 277 g/mol. The molecule has 2 N–H and O–H groups in total. The summed E-state index contributed by atoms with van der Waals surface area (Å²) < 4.78 is 4.51. The summed E-state index contributed by atoms with van der Waals surface area (Å²) in [6.45, 7) is 0. The quantitative estimate of drug-likeness (QED) is 0.618. The van der Waals surface area contributed by atoms with Gasteiger partial charge in [0.2, 0.25) is 0 Å². The second-order valence-corrected chi connectivity index (χ2v) is 3.93. The second-order valence-electron chi connectivity index (χ2n) is 3.93. The lowest BCUT2D eigenvalue weighted by Crippen LogP contribution is -2.03. The van der Waals surface area contributed by atoms with Crippen LogP contribution in [0.2, 0.25) is 0 Å². The molecule has 20 heavy (non-hydrogen) atoms. The maximum Gasteiger partial charge on any atom is 0.305 e. The van der Waals surface area contributed by atoms with Crippen LogP contribution in [0.5, 0.6) is 5.75 Å². The number of ether oxygens (including phenoxy) is 1. The Labute approximate surface area is 116 Å². The van der Waals surface area contributed by atoms with Crippen LogP contribution < -0.4 is 0 Å². The first-order valence-electron chi connectivity index (χ1n) is 5.99. The average molecular weight is 277 g/mol. The van der Waals surface area contributed by atoms with Crippen molar-refractivity contribution < 1.29 is 24.5 Å². The van der Waals surface area contributed by atoms with E-state index < -0.39 is 5.97 Å². The van der Waals surface area contributed by atoms with E-state index in [9.17, 15) is 14.7 Å². The van der Waals surface area contributed by atoms with Gasteiger partial charge in [0.15, 0.2) is 0 Å². The number of pyridine rings is 1. The number of esters is 1. The zero-order valence-electron chi connectivity index (χ0n) is 11.0. The van der Waals surface area contributed by atoms with Crippen molar-refractivity contribution >= 4 is 11.9 Å². The molecule has 0 radical (unpaired) electrons. The van der Waals surface area contributed by atoms with Crippen LogP contribution in [0, 0.1) is 11.8 Å². The minimum atomic E-state index is -0.906. The van der Waals surface area contributed by atoms with Crippen molar-refractivity contribution in [3.05, 3.63) is 23.5 Å². The first-order valence-corrected chi connectivity index (χ1v) is 5.99. The van der Waals surface area contributed by atoms with Gasteiger partial charge in [0, 0.05) is 12.8 Å². The Morgan fingerprint density at radius 1 is 1.35 bits per heavy atom. The number of hydrogen-bond donors (Lipinski definition) is 2.